The Morgan fingerprint density at radius 2 is 1.39 bits per heavy atom. The molecule has 0 aromatic heterocycles. The van der Waals surface area contributed by atoms with Gasteiger partial charge in [-0.3, -0.25) is 19.4 Å². The minimum atomic E-state index is -0.993. The van der Waals surface area contributed by atoms with E-state index in [1.165, 1.54) is 5.56 Å². The molecule has 2 aromatic rings. The number of ether oxygens (including phenoxy) is 1. The van der Waals surface area contributed by atoms with E-state index in [0.717, 1.165) is 31.2 Å². The fourth-order valence-electron chi connectivity index (χ4n) is 5.14. The number of carbonyl (C=O) groups is 4. The molecule has 3 atom stereocenters. The number of guanidine groups is 1. The molecule has 0 aliphatic rings. The summed E-state index contributed by atoms with van der Waals surface area (Å²) in [5, 5.41) is 11.5. The predicted octanol–water partition coefficient (Wildman–Crippen LogP) is 3.93. The average Bonchev–Trinajstić information content (AvgIpc) is 3.06. The summed E-state index contributed by atoms with van der Waals surface area (Å²) in [6, 6.07) is 17.3. The third-order valence-corrected chi connectivity index (χ3v) is 7.97. The van der Waals surface area contributed by atoms with Crippen molar-refractivity contribution in [1.82, 2.24) is 21.3 Å². The number of alkyl carbamates (subject to hydrolysis) is 1. The van der Waals surface area contributed by atoms with Crippen LogP contribution in [0.25, 0.3) is 0 Å². The molecular weight excluding hydrogens is 622 g/mol. The van der Waals surface area contributed by atoms with Gasteiger partial charge in [0.25, 0.3) is 0 Å². The maximum atomic E-state index is 13.6. The van der Waals surface area contributed by atoms with E-state index >= 15 is 0 Å². The fourth-order valence-corrected chi connectivity index (χ4v) is 5.14. The van der Waals surface area contributed by atoms with Gasteiger partial charge in [0.1, 0.15) is 18.7 Å². The van der Waals surface area contributed by atoms with Crippen LogP contribution in [0.3, 0.4) is 0 Å². The molecule has 0 heterocycles. The van der Waals surface area contributed by atoms with Crippen molar-refractivity contribution in [2.75, 3.05) is 13.1 Å². The lowest BCUT2D eigenvalue weighted by Crippen LogP contribution is -2.57. The number of amides is 4. The molecule has 4 amide bonds. The molecular formula is C37H57N7O5. The number of carbonyl (C=O) groups excluding carboxylic acids is 4. The lowest BCUT2D eigenvalue weighted by molar-refractivity contribution is -0.131. The second kappa shape index (κ2) is 22.9. The fraction of sp³-hybridized carbons (Fsp3) is 0.541. The van der Waals surface area contributed by atoms with E-state index < -0.39 is 24.1 Å². The molecule has 0 fully saturated rings. The second-order valence-corrected chi connectivity index (χ2v) is 13.1. The van der Waals surface area contributed by atoms with Crippen molar-refractivity contribution in [2.45, 2.75) is 104 Å². The summed E-state index contributed by atoms with van der Waals surface area (Å²) >= 11 is 0. The van der Waals surface area contributed by atoms with E-state index in [0.29, 0.717) is 19.3 Å². The van der Waals surface area contributed by atoms with E-state index in [2.05, 4.69) is 38.4 Å². The van der Waals surface area contributed by atoms with Crippen molar-refractivity contribution in [2.24, 2.45) is 28.3 Å². The normalized spacial score (nSPS) is 12.8. The molecule has 0 bridgehead atoms. The predicted molar refractivity (Wildman–Crippen MR) is 193 cm³/mol. The molecule has 270 valence electrons. The number of aryl methyl sites for hydroxylation is 1. The van der Waals surface area contributed by atoms with Crippen LogP contribution < -0.4 is 32.7 Å². The zero-order valence-corrected chi connectivity index (χ0v) is 29.6. The molecule has 12 nitrogen and oxygen atoms in total. The molecule has 0 saturated heterocycles. The Morgan fingerprint density at radius 1 is 0.755 bits per heavy atom. The van der Waals surface area contributed by atoms with Gasteiger partial charge in [0, 0.05) is 25.6 Å². The highest BCUT2D eigenvalue weighted by molar-refractivity contribution is 5.91. The van der Waals surface area contributed by atoms with Crippen molar-refractivity contribution in [3.8, 4) is 0 Å². The van der Waals surface area contributed by atoms with E-state index in [9.17, 15) is 19.2 Å². The molecule has 0 spiro atoms. The number of unbranched alkanes of at least 4 members (excludes halogenated alkanes) is 2. The Morgan fingerprint density at radius 3 is 2.00 bits per heavy atom. The van der Waals surface area contributed by atoms with Gasteiger partial charge in [-0.05, 0) is 61.5 Å². The van der Waals surface area contributed by atoms with Gasteiger partial charge in [0.15, 0.2) is 5.96 Å². The largest absolute Gasteiger partial charge is 0.445 e. The van der Waals surface area contributed by atoms with Crippen LogP contribution in [0.5, 0.6) is 0 Å². The molecule has 8 N–H and O–H groups in total. The van der Waals surface area contributed by atoms with Crippen molar-refractivity contribution in [3.05, 3.63) is 71.8 Å². The molecule has 0 unspecified atom stereocenters. The van der Waals surface area contributed by atoms with Crippen LogP contribution in [-0.4, -0.2) is 61.0 Å². The molecule has 0 aliphatic carbocycles. The maximum Gasteiger partial charge on any atom is 0.408 e. The number of rotatable bonds is 22. The SMILES string of the molecule is CC(C)C[C@H](NC(=O)[C@H](CCCN=C(N)N)NC(=O)OCc1ccccc1)C(=O)N[C@H](CNC(=O)CCCCCc1ccccc1)C(C)C. The third-order valence-electron chi connectivity index (χ3n) is 7.97. The van der Waals surface area contributed by atoms with E-state index in [4.69, 9.17) is 16.2 Å². The minimum absolute atomic E-state index is 0.0230. The summed E-state index contributed by atoms with van der Waals surface area (Å²) in [5.41, 5.74) is 13.0. The molecule has 0 saturated carbocycles. The Kier molecular flexibility index (Phi) is 18.9. The standard InChI is InChI=1S/C37H57N7O5/c1-26(2)23-31(35(47)43-32(27(3)4)24-41-33(45)21-13-7-10-17-28-15-8-5-9-16-28)42-34(46)30(20-14-22-40-36(38)39)44-37(48)49-25-29-18-11-6-12-19-29/h5-6,8-9,11-12,15-16,18-19,26-27,30-32H,7,10,13-14,17,20-25H2,1-4H3,(H,41,45)(H,42,46)(H,43,47)(H,44,48)(H4,38,39,40)/t30-,31-,32+/m0/s1. The second-order valence-electron chi connectivity index (χ2n) is 13.1. The smallest absolute Gasteiger partial charge is 0.408 e. The Labute approximate surface area is 291 Å². The Hall–Kier alpha value is -4.61. The summed E-state index contributed by atoms with van der Waals surface area (Å²) in [4.78, 5) is 56.4. The molecule has 49 heavy (non-hydrogen) atoms. The highest BCUT2D eigenvalue weighted by Gasteiger charge is 2.29. The number of nitrogens with two attached hydrogens (primary N) is 2. The zero-order valence-electron chi connectivity index (χ0n) is 29.6. The third kappa shape index (κ3) is 17.9. The number of hydrogen-bond donors (Lipinski definition) is 6. The summed E-state index contributed by atoms with van der Waals surface area (Å²) in [7, 11) is 0. The van der Waals surface area contributed by atoms with Crippen LogP contribution in [0.4, 0.5) is 4.79 Å². The van der Waals surface area contributed by atoms with E-state index in [1.54, 1.807) is 0 Å². The van der Waals surface area contributed by atoms with E-state index in [1.807, 2.05) is 76.2 Å². The maximum absolute atomic E-state index is 13.6. The van der Waals surface area contributed by atoms with Crippen LogP contribution >= 0.6 is 0 Å². The Balaban J connectivity index is 1.95. The van der Waals surface area contributed by atoms with Gasteiger partial charge in [0.05, 0.1) is 0 Å². The lowest BCUT2D eigenvalue weighted by atomic mass is 9.99. The van der Waals surface area contributed by atoms with Crippen molar-refractivity contribution in [1.29, 1.82) is 0 Å². The highest BCUT2D eigenvalue weighted by atomic mass is 16.5. The Bertz CT molecular complexity index is 1300. The van der Waals surface area contributed by atoms with Gasteiger partial charge in [-0.15, -0.1) is 0 Å². The monoisotopic (exact) mass is 679 g/mol. The summed E-state index contributed by atoms with van der Waals surface area (Å²) in [6.45, 7) is 8.42. The molecule has 2 aromatic carbocycles. The van der Waals surface area contributed by atoms with Crippen LogP contribution in [0.15, 0.2) is 65.7 Å². The first kappa shape index (κ1) is 40.6. The van der Waals surface area contributed by atoms with Gasteiger partial charge in [-0.25, -0.2) is 4.79 Å². The lowest BCUT2D eigenvalue weighted by Gasteiger charge is -2.28. The van der Waals surface area contributed by atoms with Crippen molar-refractivity contribution in [3.63, 3.8) is 0 Å². The number of nitrogens with zero attached hydrogens (tertiary/aromatic N) is 1. The van der Waals surface area contributed by atoms with Gasteiger partial charge >= 0.3 is 6.09 Å². The van der Waals surface area contributed by atoms with Crippen LogP contribution in [-0.2, 0) is 32.1 Å². The van der Waals surface area contributed by atoms with Gasteiger partial charge < -0.3 is 37.5 Å². The molecule has 0 radical (unpaired) electrons. The molecule has 2 rings (SSSR count). The summed E-state index contributed by atoms with van der Waals surface area (Å²) < 4.78 is 5.34. The zero-order chi connectivity index (χ0) is 36.0. The van der Waals surface area contributed by atoms with Crippen LogP contribution in [0.2, 0.25) is 0 Å². The quantitative estimate of drug-likeness (QED) is 0.0617. The summed E-state index contributed by atoms with van der Waals surface area (Å²) in [5.74, 6) is -0.903. The van der Waals surface area contributed by atoms with E-state index in [-0.39, 0.29) is 61.8 Å². The number of nitrogens with one attached hydrogen (secondary N) is 4. The average molecular weight is 680 g/mol. The van der Waals surface area contributed by atoms with Gasteiger partial charge in [0.2, 0.25) is 17.7 Å². The minimum Gasteiger partial charge on any atom is -0.445 e. The number of benzene rings is 2. The summed E-state index contributed by atoms with van der Waals surface area (Å²) in [6.07, 6.45) is 4.41. The van der Waals surface area contributed by atoms with Crippen LogP contribution in [0, 0.1) is 11.8 Å². The first-order valence-corrected chi connectivity index (χ1v) is 17.4. The van der Waals surface area contributed by atoms with Gasteiger partial charge in [-0.1, -0.05) is 94.8 Å². The van der Waals surface area contributed by atoms with Crippen molar-refractivity contribution >= 4 is 29.8 Å². The van der Waals surface area contributed by atoms with Crippen molar-refractivity contribution < 1.29 is 23.9 Å². The number of aliphatic imine (C=N–C) groups is 1. The van der Waals surface area contributed by atoms with Gasteiger partial charge in [-0.2, -0.15) is 0 Å². The topological polar surface area (TPSA) is 190 Å². The highest BCUT2D eigenvalue weighted by Crippen LogP contribution is 2.11. The first-order chi connectivity index (χ1) is 23.4. The number of hydrogen-bond acceptors (Lipinski definition) is 6. The van der Waals surface area contributed by atoms with Crippen LogP contribution in [0.1, 0.15) is 83.8 Å². The first-order valence-electron chi connectivity index (χ1n) is 17.4. The molecule has 12 heteroatoms. The molecule has 0 aliphatic heterocycles.